The molecule has 3 aliphatic rings. The maximum atomic E-state index is 12.4. The van der Waals surface area contributed by atoms with E-state index < -0.39 is 0 Å². The molecule has 8 heteroatoms. The van der Waals surface area contributed by atoms with Gasteiger partial charge in [-0.25, -0.2) is 4.79 Å². The van der Waals surface area contributed by atoms with Crippen LogP contribution in [0.25, 0.3) is 0 Å². The number of carbonyl (C=O) groups excluding carboxylic acids is 1. The molecule has 0 atom stereocenters. The number of amides is 1. The maximum absolute atomic E-state index is 12.4. The van der Waals surface area contributed by atoms with Crippen LogP contribution in [0.4, 0.5) is 21.9 Å². The number of nitrogens with zero attached hydrogens (tertiary/aromatic N) is 3. The van der Waals surface area contributed by atoms with Gasteiger partial charge in [0.1, 0.15) is 12.3 Å². The number of piperidine rings is 1. The van der Waals surface area contributed by atoms with E-state index in [9.17, 15) is 14.9 Å². The Hall–Kier alpha value is -3.29. The van der Waals surface area contributed by atoms with Gasteiger partial charge in [-0.05, 0) is 61.6 Å². The van der Waals surface area contributed by atoms with Crippen molar-refractivity contribution in [2.24, 2.45) is 17.3 Å². The van der Waals surface area contributed by atoms with Crippen molar-refractivity contribution in [3.8, 4) is 0 Å². The Morgan fingerprint density at radius 3 is 2.49 bits per heavy atom. The maximum Gasteiger partial charge on any atom is 0.410 e. The van der Waals surface area contributed by atoms with Crippen molar-refractivity contribution in [3.05, 3.63) is 64.2 Å². The zero-order valence-electron chi connectivity index (χ0n) is 20.3. The Morgan fingerprint density at radius 1 is 1.11 bits per heavy atom. The lowest BCUT2D eigenvalue weighted by molar-refractivity contribution is -0.383. The normalized spacial score (nSPS) is 19.7. The molecule has 5 rings (SSSR count). The fourth-order valence-electron chi connectivity index (χ4n) is 6.25. The van der Waals surface area contributed by atoms with Crippen molar-refractivity contribution in [2.75, 3.05) is 43.4 Å². The van der Waals surface area contributed by atoms with Crippen molar-refractivity contribution >= 4 is 23.2 Å². The molecule has 2 heterocycles. The third kappa shape index (κ3) is 5.06. The van der Waals surface area contributed by atoms with Gasteiger partial charge in [0.25, 0.3) is 5.69 Å². The number of hydrogen-bond donors (Lipinski definition) is 1. The molecular formula is C27H34N4O4. The SMILES string of the molecule is CNc1cc(N2CC3(CC(CC4CCN(C(=O)OCc5ccccc5)CC4)C3)C2)ccc1[N+](=O)[O-]. The Balaban J connectivity index is 1.02. The van der Waals surface area contributed by atoms with E-state index in [1.165, 1.54) is 19.3 Å². The monoisotopic (exact) mass is 478 g/mol. The van der Waals surface area contributed by atoms with Crippen molar-refractivity contribution in [3.63, 3.8) is 0 Å². The fourth-order valence-corrected chi connectivity index (χ4v) is 6.25. The largest absolute Gasteiger partial charge is 0.445 e. The molecule has 1 spiro atoms. The average molecular weight is 479 g/mol. The van der Waals surface area contributed by atoms with E-state index in [0.717, 1.165) is 56.2 Å². The van der Waals surface area contributed by atoms with Gasteiger partial charge in [0.2, 0.25) is 0 Å². The number of nitro benzene ring substituents is 1. The zero-order chi connectivity index (χ0) is 24.4. The van der Waals surface area contributed by atoms with Crippen molar-refractivity contribution in [1.29, 1.82) is 0 Å². The van der Waals surface area contributed by atoms with Gasteiger partial charge in [0.05, 0.1) is 4.92 Å². The van der Waals surface area contributed by atoms with E-state index in [2.05, 4.69) is 10.2 Å². The number of carbonyl (C=O) groups is 1. The standard InChI is InChI=1S/C27H34N4O4/c1-28-24-14-23(7-8-25(24)31(33)34)30-18-27(19-30)15-22(16-27)13-20-9-11-29(12-10-20)26(32)35-17-21-5-3-2-4-6-21/h2-8,14,20,22,28H,9-13,15-19H2,1H3. The zero-order valence-corrected chi connectivity index (χ0v) is 20.3. The van der Waals surface area contributed by atoms with Crippen LogP contribution in [0.2, 0.25) is 0 Å². The highest BCUT2D eigenvalue weighted by molar-refractivity contribution is 5.69. The summed E-state index contributed by atoms with van der Waals surface area (Å²) in [7, 11) is 1.72. The molecule has 8 nitrogen and oxygen atoms in total. The third-order valence-corrected chi connectivity index (χ3v) is 8.05. The summed E-state index contributed by atoms with van der Waals surface area (Å²) >= 11 is 0. The lowest BCUT2D eigenvalue weighted by atomic mass is 9.55. The molecule has 2 saturated heterocycles. The number of benzene rings is 2. The molecule has 35 heavy (non-hydrogen) atoms. The highest BCUT2D eigenvalue weighted by Crippen LogP contribution is 2.55. The van der Waals surface area contributed by atoms with Gasteiger partial charge in [-0.1, -0.05) is 30.3 Å². The smallest absolute Gasteiger partial charge is 0.410 e. The number of nitro groups is 1. The molecule has 2 aromatic rings. The Bertz CT molecular complexity index is 1050. The van der Waals surface area contributed by atoms with Crippen LogP contribution in [0, 0.1) is 27.4 Å². The summed E-state index contributed by atoms with van der Waals surface area (Å²) in [5, 5.41) is 14.1. The number of ether oxygens (including phenoxy) is 1. The van der Waals surface area contributed by atoms with E-state index in [1.807, 2.05) is 47.4 Å². The van der Waals surface area contributed by atoms with E-state index in [-0.39, 0.29) is 16.7 Å². The van der Waals surface area contributed by atoms with Crippen molar-refractivity contribution in [1.82, 2.24) is 4.90 Å². The van der Waals surface area contributed by atoms with E-state index in [4.69, 9.17) is 4.74 Å². The second-order valence-corrected chi connectivity index (χ2v) is 10.5. The lowest BCUT2D eigenvalue weighted by Crippen LogP contribution is -2.62. The highest BCUT2D eigenvalue weighted by atomic mass is 16.6. The Morgan fingerprint density at radius 2 is 1.83 bits per heavy atom. The molecule has 2 aromatic carbocycles. The summed E-state index contributed by atoms with van der Waals surface area (Å²) in [4.78, 5) is 27.4. The molecule has 2 aliphatic heterocycles. The highest BCUT2D eigenvalue weighted by Gasteiger charge is 2.52. The van der Waals surface area contributed by atoms with Crippen LogP contribution in [-0.2, 0) is 11.3 Å². The fraction of sp³-hybridized carbons (Fsp3) is 0.519. The van der Waals surface area contributed by atoms with Crippen LogP contribution >= 0.6 is 0 Å². The predicted octanol–water partition coefficient (Wildman–Crippen LogP) is 5.29. The minimum atomic E-state index is -0.345. The minimum absolute atomic E-state index is 0.116. The van der Waals surface area contributed by atoms with Crippen LogP contribution in [0.3, 0.4) is 0 Å². The van der Waals surface area contributed by atoms with Crippen molar-refractivity contribution in [2.45, 2.75) is 38.7 Å². The predicted molar refractivity (Wildman–Crippen MR) is 136 cm³/mol. The number of anilines is 2. The van der Waals surface area contributed by atoms with Gasteiger partial charge in [-0.2, -0.15) is 0 Å². The lowest BCUT2D eigenvalue weighted by Gasteiger charge is -2.60. The molecule has 0 radical (unpaired) electrons. The molecular weight excluding hydrogens is 444 g/mol. The third-order valence-electron chi connectivity index (χ3n) is 8.05. The molecule has 1 saturated carbocycles. The molecule has 0 bridgehead atoms. The summed E-state index contributed by atoms with van der Waals surface area (Å²) in [6.07, 6.45) is 5.73. The van der Waals surface area contributed by atoms with E-state index in [1.54, 1.807) is 13.1 Å². The summed E-state index contributed by atoms with van der Waals surface area (Å²) in [5.41, 5.74) is 3.18. The second kappa shape index (κ2) is 9.76. The number of rotatable bonds is 7. The minimum Gasteiger partial charge on any atom is -0.445 e. The van der Waals surface area contributed by atoms with Gasteiger partial charge >= 0.3 is 6.09 Å². The summed E-state index contributed by atoms with van der Waals surface area (Å²) < 4.78 is 5.49. The Kier molecular flexibility index (Phi) is 6.54. The molecule has 186 valence electrons. The first-order valence-corrected chi connectivity index (χ1v) is 12.6. The summed E-state index contributed by atoms with van der Waals surface area (Å²) in [5.74, 6) is 1.48. The molecule has 0 aromatic heterocycles. The average Bonchev–Trinajstić information content (AvgIpc) is 2.83. The van der Waals surface area contributed by atoms with Crippen LogP contribution in [0.1, 0.15) is 37.7 Å². The summed E-state index contributed by atoms with van der Waals surface area (Å²) in [6, 6.07) is 15.2. The van der Waals surface area contributed by atoms with E-state index in [0.29, 0.717) is 23.6 Å². The first-order chi connectivity index (χ1) is 16.9. The quantitative estimate of drug-likeness (QED) is 0.430. The van der Waals surface area contributed by atoms with E-state index >= 15 is 0 Å². The van der Waals surface area contributed by atoms with Crippen LogP contribution < -0.4 is 10.2 Å². The molecule has 1 aliphatic carbocycles. The number of hydrogen-bond acceptors (Lipinski definition) is 6. The van der Waals surface area contributed by atoms with Crippen LogP contribution in [0.15, 0.2) is 48.5 Å². The van der Waals surface area contributed by atoms with Crippen LogP contribution in [0.5, 0.6) is 0 Å². The van der Waals surface area contributed by atoms with Gasteiger partial charge in [-0.3, -0.25) is 10.1 Å². The summed E-state index contributed by atoms with van der Waals surface area (Å²) in [6.45, 7) is 3.99. The van der Waals surface area contributed by atoms with Gasteiger partial charge in [-0.15, -0.1) is 0 Å². The first-order valence-electron chi connectivity index (χ1n) is 12.6. The first kappa shape index (κ1) is 23.5. The molecule has 0 unspecified atom stereocenters. The second-order valence-electron chi connectivity index (χ2n) is 10.5. The molecule has 1 amide bonds. The van der Waals surface area contributed by atoms with Gasteiger partial charge in [0, 0.05) is 50.4 Å². The van der Waals surface area contributed by atoms with Gasteiger partial charge < -0.3 is 19.9 Å². The van der Waals surface area contributed by atoms with Gasteiger partial charge in [0.15, 0.2) is 0 Å². The number of likely N-dealkylation sites (tertiary alicyclic amines) is 1. The topological polar surface area (TPSA) is 88.0 Å². The van der Waals surface area contributed by atoms with Crippen LogP contribution in [-0.4, -0.2) is 49.1 Å². The van der Waals surface area contributed by atoms with Crippen molar-refractivity contribution < 1.29 is 14.5 Å². The number of nitrogens with one attached hydrogen (secondary N) is 1. The molecule has 3 fully saturated rings. The molecule has 1 N–H and O–H groups in total. The Labute approximate surface area is 206 Å².